The Morgan fingerprint density at radius 3 is 2.50 bits per heavy atom. The maximum Gasteiger partial charge on any atom is 0.254 e. The number of sulfone groups is 1. The zero-order valence-electron chi connectivity index (χ0n) is 15.0. The van der Waals surface area contributed by atoms with Gasteiger partial charge in [0, 0.05) is 31.3 Å². The third-order valence-electron chi connectivity index (χ3n) is 5.23. The number of carbonyl (C=O) groups excluding carboxylic acids is 2. The summed E-state index contributed by atoms with van der Waals surface area (Å²) in [5.74, 6) is -0.273. The summed E-state index contributed by atoms with van der Waals surface area (Å²) in [5, 5.41) is 2.69. The van der Waals surface area contributed by atoms with Crippen molar-refractivity contribution in [3.05, 3.63) is 29.8 Å². The van der Waals surface area contributed by atoms with Crippen molar-refractivity contribution in [2.75, 3.05) is 26.5 Å². The van der Waals surface area contributed by atoms with Crippen molar-refractivity contribution in [2.24, 2.45) is 5.92 Å². The van der Waals surface area contributed by atoms with Crippen molar-refractivity contribution in [3.63, 3.8) is 0 Å². The van der Waals surface area contributed by atoms with Crippen LogP contribution in [-0.2, 0) is 19.4 Å². The normalized spacial score (nSPS) is 26.1. The Bertz CT molecular complexity index is 790. The van der Waals surface area contributed by atoms with Gasteiger partial charge in [0.05, 0.1) is 23.6 Å². The molecule has 0 radical (unpaired) electrons. The van der Waals surface area contributed by atoms with E-state index in [1.165, 1.54) is 12.1 Å². The smallest absolute Gasteiger partial charge is 0.254 e. The summed E-state index contributed by atoms with van der Waals surface area (Å²) in [5.41, 5.74) is 0.445. The predicted octanol–water partition coefficient (Wildman–Crippen LogP) is 0.846. The van der Waals surface area contributed by atoms with Gasteiger partial charge in [-0.15, -0.1) is 0 Å². The van der Waals surface area contributed by atoms with Gasteiger partial charge in [0.1, 0.15) is 0 Å². The van der Waals surface area contributed by atoms with Crippen LogP contribution >= 0.6 is 0 Å². The van der Waals surface area contributed by atoms with Crippen LogP contribution in [0, 0.1) is 5.92 Å². The third-order valence-corrected chi connectivity index (χ3v) is 6.36. The molecule has 0 aromatic heterocycles. The second kappa shape index (κ2) is 7.36. The molecule has 1 N–H and O–H groups in total. The summed E-state index contributed by atoms with van der Waals surface area (Å²) in [6.45, 7) is 0.938. The number of fused-ring (bicyclic) bond motifs is 1. The Morgan fingerprint density at radius 1 is 1.19 bits per heavy atom. The SMILES string of the molecule is CNC(=O)[C@H]1CC[C@H]2OCCN(C(=O)c3ccc(S(C)(=O)=O)cc3)[C@@H]2C1. The van der Waals surface area contributed by atoms with Gasteiger partial charge in [0.2, 0.25) is 5.91 Å². The maximum absolute atomic E-state index is 13.0. The van der Waals surface area contributed by atoms with Gasteiger partial charge >= 0.3 is 0 Å². The summed E-state index contributed by atoms with van der Waals surface area (Å²) in [6, 6.07) is 5.86. The van der Waals surface area contributed by atoms with E-state index < -0.39 is 9.84 Å². The van der Waals surface area contributed by atoms with Crippen molar-refractivity contribution in [1.82, 2.24) is 10.2 Å². The number of nitrogens with one attached hydrogen (secondary N) is 1. The molecule has 2 amide bonds. The van der Waals surface area contributed by atoms with Gasteiger partial charge < -0.3 is 15.0 Å². The average Bonchev–Trinajstić information content (AvgIpc) is 2.65. The monoisotopic (exact) mass is 380 g/mol. The lowest BCUT2D eigenvalue weighted by atomic mass is 9.81. The lowest BCUT2D eigenvalue weighted by Gasteiger charge is -2.45. The summed E-state index contributed by atoms with van der Waals surface area (Å²) in [4.78, 5) is 27.0. The van der Waals surface area contributed by atoms with Gasteiger partial charge in [0.25, 0.3) is 5.91 Å². The van der Waals surface area contributed by atoms with E-state index in [2.05, 4.69) is 5.32 Å². The minimum absolute atomic E-state index is 0.000993. The molecule has 1 aromatic carbocycles. The first-order valence-electron chi connectivity index (χ1n) is 8.75. The molecule has 1 aliphatic heterocycles. The quantitative estimate of drug-likeness (QED) is 0.839. The molecule has 1 heterocycles. The molecule has 3 atom stereocenters. The van der Waals surface area contributed by atoms with E-state index in [4.69, 9.17) is 4.74 Å². The maximum atomic E-state index is 13.0. The van der Waals surface area contributed by atoms with Crippen LogP contribution in [0.3, 0.4) is 0 Å². The van der Waals surface area contributed by atoms with Crippen molar-refractivity contribution < 1.29 is 22.7 Å². The molecule has 0 unspecified atom stereocenters. The largest absolute Gasteiger partial charge is 0.374 e. The average molecular weight is 380 g/mol. The Hall–Kier alpha value is -1.93. The molecule has 142 valence electrons. The molecular weight excluding hydrogens is 356 g/mol. The van der Waals surface area contributed by atoms with Gasteiger partial charge in [-0.2, -0.15) is 0 Å². The second-order valence-electron chi connectivity index (χ2n) is 6.90. The molecule has 26 heavy (non-hydrogen) atoms. The summed E-state index contributed by atoms with van der Waals surface area (Å²) in [7, 11) is -1.68. The number of carbonyl (C=O) groups is 2. The molecule has 1 saturated heterocycles. The minimum Gasteiger partial charge on any atom is -0.374 e. The Kier molecular flexibility index (Phi) is 5.34. The van der Waals surface area contributed by atoms with E-state index in [1.807, 2.05) is 0 Å². The van der Waals surface area contributed by atoms with Crippen molar-refractivity contribution >= 4 is 21.7 Å². The second-order valence-corrected chi connectivity index (χ2v) is 8.91. The van der Waals surface area contributed by atoms with E-state index in [9.17, 15) is 18.0 Å². The van der Waals surface area contributed by atoms with E-state index >= 15 is 0 Å². The molecule has 2 fully saturated rings. The molecule has 3 rings (SSSR count). The summed E-state index contributed by atoms with van der Waals surface area (Å²) >= 11 is 0. The predicted molar refractivity (Wildman–Crippen MR) is 95.5 cm³/mol. The topological polar surface area (TPSA) is 92.8 Å². The van der Waals surface area contributed by atoms with Crippen LogP contribution in [0.1, 0.15) is 29.6 Å². The fraction of sp³-hybridized carbons (Fsp3) is 0.556. The molecule has 2 aliphatic rings. The molecule has 1 aliphatic carbocycles. The van der Waals surface area contributed by atoms with E-state index in [1.54, 1.807) is 24.1 Å². The number of amides is 2. The molecule has 0 spiro atoms. The number of morpholine rings is 1. The Balaban J connectivity index is 1.80. The first kappa shape index (κ1) is 18.8. The van der Waals surface area contributed by atoms with E-state index in [0.29, 0.717) is 25.1 Å². The summed E-state index contributed by atoms with van der Waals surface area (Å²) in [6.07, 6.45) is 3.17. The van der Waals surface area contributed by atoms with Crippen LogP contribution in [0.2, 0.25) is 0 Å². The molecule has 1 saturated carbocycles. The van der Waals surface area contributed by atoms with Gasteiger partial charge in [-0.1, -0.05) is 0 Å². The Labute approximate surface area is 153 Å². The number of hydrogen-bond donors (Lipinski definition) is 1. The van der Waals surface area contributed by atoms with Crippen LogP contribution in [0.25, 0.3) is 0 Å². The van der Waals surface area contributed by atoms with Crippen molar-refractivity contribution in [3.8, 4) is 0 Å². The molecule has 1 aromatic rings. The highest BCUT2D eigenvalue weighted by molar-refractivity contribution is 7.90. The summed E-state index contributed by atoms with van der Waals surface area (Å²) < 4.78 is 29.0. The number of rotatable bonds is 3. The molecule has 0 bridgehead atoms. The van der Waals surface area contributed by atoms with Crippen LogP contribution in [0.15, 0.2) is 29.2 Å². The first-order valence-corrected chi connectivity index (χ1v) is 10.6. The van der Waals surface area contributed by atoms with Crippen molar-refractivity contribution in [1.29, 1.82) is 0 Å². The number of hydrogen-bond acceptors (Lipinski definition) is 5. The highest BCUT2D eigenvalue weighted by Gasteiger charge is 2.41. The zero-order valence-corrected chi connectivity index (χ0v) is 15.8. The van der Waals surface area contributed by atoms with Gasteiger partial charge in [-0.25, -0.2) is 8.42 Å². The van der Waals surface area contributed by atoms with Gasteiger partial charge in [-0.3, -0.25) is 9.59 Å². The first-order chi connectivity index (χ1) is 12.3. The van der Waals surface area contributed by atoms with E-state index in [-0.39, 0.29) is 34.8 Å². The third kappa shape index (κ3) is 3.76. The molecular formula is C18H24N2O5S. The number of nitrogens with zero attached hydrogens (tertiary/aromatic N) is 1. The highest BCUT2D eigenvalue weighted by atomic mass is 32.2. The van der Waals surface area contributed by atoms with Crippen LogP contribution < -0.4 is 5.32 Å². The highest BCUT2D eigenvalue weighted by Crippen LogP contribution is 2.33. The zero-order chi connectivity index (χ0) is 18.9. The van der Waals surface area contributed by atoms with Crippen LogP contribution in [-0.4, -0.2) is 63.7 Å². The fourth-order valence-electron chi connectivity index (χ4n) is 3.81. The molecule has 7 nitrogen and oxygen atoms in total. The minimum atomic E-state index is -3.30. The number of ether oxygens (including phenoxy) is 1. The lowest BCUT2D eigenvalue weighted by Crippen LogP contribution is -2.57. The standard InChI is InChI=1S/C18H24N2O5S/c1-19-17(21)13-5-8-16-15(11-13)20(9-10-25-16)18(22)12-3-6-14(7-4-12)26(2,23)24/h3-4,6-7,13,15-16H,5,8-11H2,1-2H3,(H,19,21)/t13-,15+,16+/m0/s1. The molecule has 8 heteroatoms. The Morgan fingerprint density at radius 2 is 1.88 bits per heavy atom. The van der Waals surface area contributed by atoms with Gasteiger partial charge in [0.15, 0.2) is 9.84 Å². The van der Waals surface area contributed by atoms with Crippen molar-refractivity contribution in [2.45, 2.75) is 36.3 Å². The fourth-order valence-corrected chi connectivity index (χ4v) is 4.44. The van der Waals surface area contributed by atoms with E-state index in [0.717, 1.165) is 19.1 Å². The van der Waals surface area contributed by atoms with Gasteiger partial charge in [-0.05, 0) is 43.5 Å². The lowest BCUT2D eigenvalue weighted by molar-refractivity contribution is -0.131. The van der Waals surface area contributed by atoms with Crippen LogP contribution in [0.4, 0.5) is 0 Å². The van der Waals surface area contributed by atoms with Crippen LogP contribution in [0.5, 0.6) is 0 Å². The number of benzene rings is 1.